The summed E-state index contributed by atoms with van der Waals surface area (Å²) < 4.78 is 5.50. The third kappa shape index (κ3) is 2.94. The van der Waals surface area contributed by atoms with Crippen LogP contribution in [0.2, 0.25) is 0 Å². The Hall–Kier alpha value is -2.24. The molecule has 1 heterocycles. The Kier molecular flexibility index (Phi) is 3.68. The Bertz CT molecular complexity index is 565. The number of nitrogens with one attached hydrogen (secondary N) is 2. The van der Waals surface area contributed by atoms with Crippen LogP contribution in [0.25, 0.3) is 0 Å². The first-order chi connectivity index (χ1) is 10.1. The van der Waals surface area contributed by atoms with Gasteiger partial charge in [-0.2, -0.15) is 0 Å². The van der Waals surface area contributed by atoms with E-state index >= 15 is 0 Å². The highest BCUT2D eigenvalue weighted by molar-refractivity contribution is 5.97. The predicted octanol–water partition coefficient (Wildman–Crippen LogP) is 2.07. The summed E-state index contributed by atoms with van der Waals surface area (Å²) >= 11 is 0. The molecule has 1 aromatic rings. The van der Waals surface area contributed by atoms with Gasteiger partial charge in [0.05, 0.1) is 17.3 Å². The van der Waals surface area contributed by atoms with E-state index < -0.39 is 5.97 Å². The van der Waals surface area contributed by atoms with E-state index in [-0.39, 0.29) is 24.5 Å². The van der Waals surface area contributed by atoms with Crippen LogP contribution in [0.5, 0.6) is 5.75 Å². The molecule has 0 spiro atoms. The molecule has 6 nitrogen and oxygen atoms in total. The first kappa shape index (κ1) is 13.7. The van der Waals surface area contributed by atoms with Crippen LogP contribution >= 0.6 is 0 Å². The summed E-state index contributed by atoms with van der Waals surface area (Å²) in [7, 11) is 0. The van der Waals surface area contributed by atoms with E-state index in [4.69, 9.17) is 9.84 Å². The van der Waals surface area contributed by atoms with Gasteiger partial charge in [0, 0.05) is 6.04 Å². The number of carbonyl (C=O) groups excluding carboxylic acids is 1. The summed E-state index contributed by atoms with van der Waals surface area (Å²) in [6.07, 6.45) is 3.04. The summed E-state index contributed by atoms with van der Waals surface area (Å²) in [6, 6.07) is 5.82. The standard InChI is InChI=1S/C15H18N2O4/c18-13-8-21-14-11(2-1-3-12(14)17-13)16-10-6-4-9(5-7-10)15(19)20/h1-3,9-10,16H,4-8H2,(H,17,18)(H,19,20). The van der Waals surface area contributed by atoms with Crippen LogP contribution < -0.4 is 15.4 Å². The van der Waals surface area contributed by atoms with E-state index in [0.717, 1.165) is 18.5 Å². The van der Waals surface area contributed by atoms with Crippen molar-refractivity contribution in [1.82, 2.24) is 0 Å². The molecule has 0 atom stereocenters. The van der Waals surface area contributed by atoms with Crippen LogP contribution in [-0.2, 0) is 9.59 Å². The highest BCUT2D eigenvalue weighted by atomic mass is 16.5. The Morgan fingerprint density at radius 3 is 2.76 bits per heavy atom. The lowest BCUT2D eigenvalue weighted by Gasteiger charge is -2.29. The van der Waals surface area contributed by atoms with Crippen molar-refractivity contribution in [3.05, 3.63) is 18.2 Å². The van der Waals surface area contributed by atoms with E-state index in [1.807, 2.05) is 12.1 Å². The molecule has 0 saturated heterocycles. The molecule has 0 radical (unpaired) electrons. The molecule has 1 aromatic carbocycles. The molecular weight excluding hydrogens is 272 g/mol. The zero-order valence-corrected chi connectivity index (χ0v) is 11.6. The maximum atomic E-state index is 11.3. The van der Waals surface area contributed by atoms with Crippen LogP contribution in [0.3, 0.4) is 0 Å². The number of carboxylic acid groups (broad SMARTS) is 1. The van der Waals surface area contributed by atoms with Gasteiger partial charge in [-0.25, -0.2) is 0 Å². The highest BCUT2D eigenvalue weighted by Gasteiger charge is 2.27. The normalized spacial score (nSPS) is 24.5. The van der Waals surface area contributed by atoms with E-state index in [1.54, 1.807) is 6.07 Å². The third-order valence-electron chi connectivity index (χ3n) is 4.07. The van der Waals surface area contributed by atoms with Crippen molar-refractivity contribution in [2.75, 3.05) is 17.2 Å². The number of hydrogen-bond donors (Lipinski definition) is 3. The quantitative estimate of drug-likeness (QED) is 0.793. The molecule has 6 heteroatoms. The largest absolute Gasteiger partial charge is 0.481 e. The molecule has 2 aliphatic rings. The highest BCUT2D eigenvalue weighted by Crippen LogP contribution is 2.37. The number of anilines is 2. The fourth-order valence-corrected chi connectivity index (χ4v) is 2.93. The first-order valence-electron chi connectivity index (χ1n) is 7.18. The van der Waals surface area contributed by atoms with Crippen LogP contribution in [0.15, 0.2) is 18.2 Å². The number of aliphatic carboxylic acids is 1. The summed E-state index contributed by atoms with van der Waals surface area (Å²) in [6.45, 7) is 0.0252. The molecule has 1 aliphatic carbocycles. The van der Waals surface area contributed by atoms with Gasteiger partial charge in [0.1, 0.15) is 0 Å². The zero-order valence-electron chi connectivity index (χ0n) is 11.6. The first-order valence-corrected chi connectivity index (χ1v) is 7.18. The van der Waals surface area contributed by atoms with Crippen molar-refractivity contribution in [2.45, 2.75) is 31.7 Å². The second-order valence-corrected chi connectivity index (χ2v) is 5.55. The zero-order chi connectivity index (χ0) is 14.8. The van der Waals surface area contributed by atoms with E-state index in [9.17, 15) is 9.59 Å². The van der Waals surface area contributed by atoms with Gasteiger partial charge in [-0.05, 0) is 37.8 Å². The second kappa shape index (κ2) is 5.63. The Balaban J connectivity index is 1.68. The van der Waals surface area contributed by atoms with Gasteiger partial charge in [0.2, 0.25) is 0 Å². The van der Waals surface area contributed by atoms with Crippen molar-refractivity contribution in [2.24, 2.45) is 5.92 Å². The average molecular weight is 290 g/mol. The molecule has 1 fully saturated rings. The van der Waals surface area contributed by atoms with Crippen molar-refractivity contribution in [3.63, 3.8) is 0 Å². The molecule has 3 N–H and O–H groups in total. The predicted molar refractivity (Wildman–Crippen MR) is 77.6 cm³/mol. The topological polar surface area (TPSA) is 87.7 Å². The van der Waals surface area contributed by atoms with E-state index in [0.29, 0.717) is 24.3 Å². The fourth-order valence-electron chi connectivity index (χ4n) is 2.93. The Morgan fingerprint density at radius 2 is 2.05 bits per heavy atom. The summed E-state index contributed by atoms with van der Waals surface area (Å²) in [4.78, 5) is 22.3. The number of para-hydroxylation sites is 1. The second-order valence-electron chi connectivity index (χ2n) is 5.55. The number of rotatable bonds is 3. The van der Waals surface area contributed by atoms with Gasteiger partial charge in [0.25, 0.3) is 5.91 Å². The van der Waals surface area contributed by atoms with Gasteiger partial charge in [-0.3, -0.25) is 9.59 Å². The number of amides is 1. The van der Waals surface area contributed by atoms with E-state index in [2.05, 4.69) is 10.6 Å². The minimum Gasteiger partial charge on any atom is -0.481 e. The lowest BCUT2D eigenvalue weighted by Crippen LogP contribution is -2.30. The number of benzene rings is 1. The minimum absolute atomic E-state index is 0.0252. The SMILES string of the molecule is O=C1COc2c(cccc2NC2CCC(C(=O)O)CC2)N1. The molecular formula is C15H18N2O4. The molecule has 112 valence electrons. The molecule has 1 saturated carbocycles. The smallest absolute Gasteiger partial charge is 0.306 e. The van der Waals surface area contributed by atoms with Crippen molar-refractivity contribution < 1.29 is 19.4 Å². The molecule has 1 amide bonds. The summed E-state index contributed by atoms with van der Waals surface area (Å²) in [5.74, 6) is -0.404. The monoisotopic (exact) mass is 290 g/mol. The fraction of sp³-hybridized carbons (Fsp3) is 0.467. The summed E-state index contributed by atoms with van der Waals surface area (Å²) in [5, 5.41) is 15.2. The van der Waals surface area contributed by atoms with Crippen LogP contribution in [0.1, 0.15) is 25.7 Å². The van der Waals surface area contributed by atoms with Gasteiger partial charge in [-0.1, -0.05) is 6.07 Å². The number of hydrogen-bond acceptors (Lipinski definition) is 4. The molecule has 0 unspecified atom stereocenters. The lowest BCUT2D eigenvalue weighted by molar-refractivity contribution is -0.142. The number of fused-ring (bicyclic) bond motifs is 1. The summed E-state index contributed by atoms with van der Waals surface area (Å²) in [5.41, 5.74) is 1.53. The van der Waals surface area contributed by atoms with Gasteiger partial charge in [0.15, 0.2) is 12.4 Å². The number of carbonyl (C=O) groups is 2. The van der Waals surface area contributed by atoms with Crippen molar-refractivity contribution in [3.8, 4) is 5.75 Å². The maximum Gasteiger partial charge on any atom is 0.306 e. The molecule has 0 aromatic heterocycles. The lowest BCUT2D eigenvalue weighted by atomic mass is 9.86. The van der Waals surface area contributed by atoms with Crippen LogP contribution in [-0.4, -0.2) is 29.6 Å². The van der Waals surface area contributed by atoms with Crippen LogP contribution in [0.4, 0.5) is 11.4 Å². The van der Waals surface area contributed by atoms with Gasteiger partial charge >= 0.3 is 5.97 Å². The number of carboxylic acids is 1. The Labute approximate surface area is 122 Å². The van der Waals surface area contributed by atoms with Gasteiger partial charge in [-0.15, -0.1) is 0 Å². The van der Waals surface area contributed by atoms with Crippen LogP contribution in [0, 0.1) is 5.92 Å². The average Bonchev–Trinajstić information content (AvgIpc) is 2.47. The molecule has 0 bridgehead atoms. The Morgan fingerprint density at radius 1 is 1.29 bits per heavy atom. The van der Waals surface area contributed by atoms with Gasteiger partial charge < -0.3 is 20.5 Å². The third-order valence-corrected chi connectivity index (χ3v) is 4.07. The van der Waals surface area contributed by atoms with Crippen molar-refractivity contribution in [1.29, 1.82) is 0 Å². The minimum atomic E-state index is -0.698. The molecule has 21 heavy (non-hydrogen) atoms. The molecule has 3 rings (SSSR count). The van der Waals surface area contributed by atoms with E-state index in [1.165, 1.54) is 0 Å². The maximum absolute atomic E-state index is 11.3. The number of ether oxygens (including phenoxy) is 1. The molecule has 1 aliphatic heterocycles. The van der Waals surface area contributed by atoms with Crippen molar-refractivity contribution >= 4 is 23.3 Å².